The number of benzene rings is 1. The van der Waals surface area contributed by atoms with Gasteiger partial charge in [0.2, 0.25) is 0 Å². The van der Waals surface area contributed by atoms with Crippen LogP contribution < -0.4 is 5.32 Å². The molecule has 0 saturated heterocycles. The molecule has 0 atom stereocenters. The first kappa shape index (κ1) is 13.8. The summed E-state index contributed by atoms with van der Waals surface area (Å²) in [5.74, 6) is 0. The Bertz CT molecular complexity index is 531. The van der Waals surface area contributed by atoms with Crippen LogP contribution in [0.15, 0.2) is 36.5 Å². The van der Waals surface area contributed by atoms with Crippen LogP contribution in [-0.4, -0.2) is 24.8 Å². The van der Waals surface area contributed by atoms with Gasteiger partial charge >= 0.3 is 0 Å². The highest BCUT2D eigenvalue weighted by molar-refractivity contribution is 5.46. The van der Waals surface area contributed by atoms with Crippen molar-refractivity contribution in [3.8, 4) is 5.69 Å². The summed E-state index contributed by atoms with van der Waals surface area (Å²) in [6.45, 7) is 6.79. The maximum absolute atomic E-state index is 5.04. The van der Waals surface area contributed by atoms with Gasteiger partial charge in [0.15, 0.2) is 0 Å². The molecule has 3 heteroatoms. The SMILES string of the molecule is COCCNCc1cccn1-c1cccc(C)c1C. The van der Waals surface area contributed by atoms with Crippen LogP contribution in [0.4, 0.5) is 0 Å². The molecule has 3 nitrogen and oxygen atoms in total. The first-order chi connectivity index (χ1) is 9.24. The molecule has 1 N–H and O–H groups in total. The smallest absolute Gasteiger partial charge is 0.0587 e. The molecule has 1 heterocycles. The molecule has 1 aromatic carbocycles. The number of nitrogens with zero attached hydrogens (tertiary/aromatic N) is 1. The van der Waals surface area contributed by atoms with Gasteiger partial charge in [-0.05, 0) is 43.2 Å². The van der Waals surface area contributed by atoms with E-state index in [1.807, 2.05) is 0 Å². The molecule has 0 aliphatic heterocycles. The number of aryl methyl sites for hydroxylation is 1. The van der Waals surface area contributed by atoms with Crippen molar-refractivity contribution in [3.63, 3.8) is 0 Å². The summed E-state index contributed by atoms with van der Waals surface area (Å²) in [5.41, 5.74) is 5.18. The number of hydrogen-bond donors (Lipinski definition) is 1. The Morgan fingerprint density at radius 2 is 2.00 bits per heavy atom. The van der Waals surface area contributed by atoms with Gasteiger partial charge in [0.1, 0.15) is 0 Å². The molecule has 0 saturated carbocycles. The van der Waals surface area contributed by atoms with Crippen molar-refractivity contribution in [2.75, 3.05) is 20.3 Å². The number of methoxy groups -OCH3 is 1. The minimum Gasteiger partial charge on any atom is -0.383 e. The van der Waals surface area contributed by atoms with Crippen molar-refractivity contribution in [2.45, 2.75) is 20.4 Å². The van der Waals surface area contributed by atoms with E-state index < -0.39 is 0 Å². The lowest BCUT2D eigenvalue weighted by molar-refractivity contribution is 0.199. The van der Waals surface area contributed by atoms with Crippen LogP contribution in [0.25, 0.3) is 5.69 Å². The van der Waals surface area contributed by atoms with E-state index in [0.29, 0.717) is 0 Å². The van der Waals surface area contributed by atoms with E-state index in [0.717, 1.165) is 19.7 Å². The van der Waals surface area contributed by atoms with E-state index in [-0.39, 0.29) is 0 Å². The Morgan fingerprint density at radius 3 is 2.79 bits per heavy atom. The van der Waals surface area contributed by atoms with Gasteiger partial charge in [-0.15, -0.1) is 0 Å². The van der Waals surface area contributed by atoms with Gasteiger partial charge in [-0.25, -0.2) is 0 Å². The van der Waals surface area contributed by atoms with E-state index >= 15 is 0 Å². The van der Waals surface area contributed by atoms with Crippen molar-refractivity contribution in [1.82, 2.24) is 9.88 Å². The van der Waals surface area contributed by atoms with Crippen LogP contribution in [-0.2, 0) is 11.3 Å². The van der Waals surface area contributed by atoms with Gasteiger partial charge in [0.05, 0.1) is 6.61 Å². The topological polar surface area (TPSA) is 26.2 Å². The molecule has 0 aliphatic carbocycles. The second-order valence-corrected chi connectivity index (χ2v) is 4.76. The summed E-state index contributed by atoms with van der Waals surface area (Å²) >= 11 is 0. The molecule has 0 bridgehead atoms. The number of hydrogen-bond acceptors (Lipinski definition) is 2. The minimum atomic E-state index is 0.740. The Morgan fingerprint density at radius 1 is 1.16 bits per heavy atom. The number of nitrogens with one attached hydrogen (secondary N) is 1. The predicted octanol–water partition coefficient (Wildman–Crippen LogP) is 2.83. The van der Waals surface area contributed by atoms with Crippen molar-refractivity contribution in [1.29, 1.82) is 0 Å². The summed E-state index contributed by atoms with van der Waals surface area (Å²) in [7, 11) is 1.72. The maximum atomic E-state index is 5.04. The van der Waals surface area contributed by atoms with Crippen molar-refractivity contribution in [2.24, 2.45) is 0 Å². The van der Waals surface area contributed by atoms with Crippen molar-refractivity contribution in [3.05, 3.63) is 53.3 Å². The quantitative estimate of drug-likeness (QED) is 0.806. The summed E-state index contributed by atoms with van der Waals surface area (Å²) in [6.07, 6.45) is 2.12. The van der Waals surface area contributed by atoms with Gasteiger partial charge in [-0.1, -0.05) is 12.1 Å². The molecular weight excluding hydrogens is 236 g/mol. The van der Waals surface area contributed by atoms with Crippen LogP contribution in [0.2, 0.25) is 0 Å². The van der Waals surface area contributed by atoms with E-state index in [9.17, 15) is 0 Å². The predicted molar refractivity (Wildman–Crippen MR) is 78.8 cm³/mol. The molecule has 2 aromatic rings. The van der Waals surface area contributed by atoms with E-state index in [2.05, 4.69) is 60.3 Å². The second-order valence-electron chi connectivity index (χ2n) is 4.76. The molecule has 0 amide bonds. The largest absolute Gasteiger partial charge is 0.383 e. The van der Waals surface area contributed by atoms with Crippen LogP contribution >= 0.6 is 0 Å². The molecule has 0 fully saturated rings. The summed E-state index contributed by atoms with van der Waals surface area (Å²) < 4.78 is 7.29. The van der Waals surface area contributed by atoms with Gasteiger partial charge < -0.3 is 14.6 Å². The molecule has 2 rings (SSSR count). The molecular formula is C16H22N2O. The zero-order chi connectivity index (χ0) is 13.7. The lowest BCUT2D eigenvalue weighted by atomic mass is 10.1. The van der Waals surface area contributed by atoms with Gasteiger partial charge in [0, 0.05) is 37.8 Å². The fourth-order valence-corrected chi connectivity index (χ4v) is 2.18. The third-order valence-corrected chi connectivity index (χ3v) is 3.46. The molecule has 1 aromatic heterocycles. The Kier molecular flexibility index (Phi) is 4.77. The van der Waals surface area contributed by atoms with Gasteiger partial charge in [-0.3, -0.25) is 0 Å². The first-order valence-electron chi connectivity index (χ1n) is 6.66. The lowest BCUT2D eigenvalue weighted by Crippen LogP contribution is -2.20. The van der Waals surface area contributed by atoms with Crippen LogP contribution in [0.5, 0.6) is 0 Å². The number of ether oxygens (including phenoxy) is 1. The molecule has 102 valence electrons. The fourth-order valence-electron chi connectivity index (χ4n) is 2.18. The molecule has 0 aliphatic rings. The highest BCUT2D eigenvalue weighted by Crippen LogP contribution is 2.19. The summed E-state index contributed by atoms with van der Waals surface area (Å²) in [6, 6.07) is 10.7. The Balaban J connectivity index is 2.17. The van der Waals surface area contributed by atoms with Crippen LogP contribution in [0.1, 0.15) is 16.8 Å². The first-order valence-corrected chi connectivity index (χ1v) is 6.66. The maximum Gasteiger partial charge on any atom is 0.0587 e. The van der Waals surface area contributed by atoms with E-state index in [4.69, 9.17) is 4.74 Å². The number of rotatable bonds is 6. The molecule has 0 unspecified atom stereocenters. The Hall–Kier alpha value is -1.58. The molecule has 0 spiro atoms. The molecule has 0 radical (unpaired) electrons. The summed E-state index contributed by atoms with van der Waals surface area (Å²) in [5, 5.41) is 3.39. The van der Waals surface area contributed by atoms with Crippen LogP contribution in [0, 0.1) is 13.8 Å². The highest BCUT2D eigenvalue weighted by atomic mass is 16.5. The zero-order valence-electron chi connectivity index (χ0n) is 11.9. The minimum absolute atomic E-state index is 0.740. The van der Waals surface area contributed by atoms with E-state index in [1.54, 1.807) is 7.11 Å². The monoisotopic (exact) mass is 258 g/mol. The van der Waals surface area contributed by atoms with Crippen molar-refractivity contribution >= 4 is 0 Å². The fraction of sp³-hybridized carbons (Fsp3) is 0.375. The Labute approximate surface area is 115 Å². The average Bonchev–Trinajstić information content (AvgIpc) is 2.86. The molecule has 19 heavy (non-hydrogen) atoms. The van der Waals surface area contributed by atoms with Crippen molar-refractivity contribution < 1.29 is 4.74 Å². The van der Waals surface area contributed by atoms with Crippen LogP contribution in [0.3, 0.4) is 0 Å². The van der Waals surface area contributed by atoms with E-state index in [1.165, 1.54) is 22.5 Å². The average molecular weight is 258 g/mol. The number of aromatic nitrogens is 1. The second kappa shape index (κ2) is 6.55. The third kappa shape index (κ3) is 3.25. The zero-order valence-corrected chi connectivity index (χ0v) is 11.9. The normalized spacial score (nSPS) is 10.9. The van der Waals surface area contributed by atoms with Gasteiger partial charge in [0.25, 0.3) is 0 Å². The third-order valence-electron chi connectivity index (χ3n) is 3.46. The lowest BCUT2D eigenvalue weighted by Gasteiger charge is -2.14. The highest BCUT2D eigenvalue weighted by Gasteiger charge is 2.06. The summed E-state index contributed by atoms with van der Waals surface area (Å²) in [4.78, 5) is 0. The van der Waals surface area contributed by atoms with Gasteiger partial charge in [-0.2, -0.15) is 0 Å². The standard InChI is InChI=1S/C16H22N2O/c1-13-6-4-8-16(14(13)2)18-10-5-7-15(18)12-17-9-11-19-3/h4-8,10,17H,9,11-12H2,1-3H3.